The number of hydrazine groups is 1. The van der Waals surface area contributed by atoms with E-state index in [1.807, 2.05) is 6.07 Å². The highest BCUT2D eigenvalue weighted by atomic mass is 35.5. The predicted octanol–water partition coefficient (Wildman–Crippen LogP) is 3.09. The topological polar surface area (TPSA) is 46.1 Å². The average Bonchev–Trinajstić information content (AvgIpc) is 2.69. The molecule has 1 aromatic carbocycles. The number of hydrogen-bond donors (Lipinski definition) is 1. The fraction of sp³-hybridized carbons (Fsp3) is 0.500. The lowest BCUT2D eigenvalue weighted by Crippen LogP contribution is -2.52. The molecule has 1 heterocycles. The van der Waals surface area contributed by atoms with Crippen LogP contribution in [0.5, 0.6) is 0 Å². The number of benzene rings is 1. The van der Waals surface area contributed by atoms with Gasteiger partial charge in [-0.3, -0.25) is 4.74 Å². The molecule has 9 heteroatoms. The third-order valence-corrected chi connectivity index (χ3v) is 4.42. The molecule has 1 aliphatic rings. The van der Waals surface area contributed by atoms with Crippen LogP contribution in [0.1, 0.15) is 12.5 Å². The first-order valence-corrected chi connectivity index (χ1v) is 7.65. The molecule has 1 fully saturated rings. The number of hydrogen-bond acceptors (Lipinski definition) is 5. The van der Waals surface area contributed by atoms with E-state index in [2.05, 4.69) is 15.3 Å². The number of halogens is 4. The van der Waals surface area contributed by atoms with Crippen molar-refractivity contribution in [2.24, 2.45) is 5.16 Å². The molecule has 2 rings (SSSR count). The van der Waals surface area contributed by atoms with E-state index in [4.69, 9.17) is 28.0 Å². The van der Waals surface area contributed by atoms with E-state index < -0.39 is 22.7 Å². The van der Waals surface area contributed by atoms with Crippen LogP contribution >= 0.6 is 23.2 Å². The molecule has 0 aliphatic carbocycles. The fourth-order valence-electron chi connectivity index (χ4n) is 2.46. The van der Waals surface area contributed by atoms with Gasteiger partial charge in [-0.2, -0.15) is 8.78 Å². The zero-order valence-corrected chi connectivity index (χ0v) is 14.1. The number of oxime groups is 1. The van der Waals surface area contributed by atoms with E-state index in [1.165, 1.54) is 18.3 Å². The standard InChI is InChI=1S/C14H17Cl2F2N3O2/c1-3-22-19-9-13(10-7-5-4-6-8-10)14(15,16)11(21(2)20-13)23-12(17)18/h4-9,11-12,20H,3H2,1-2H3. The van der Waals surface area contributed by atoms with Crippen LogP contribution in [0, 0.1) is 0 Å². The van der Waals surface area contributed by atoms with Crippen molar-refractivity contribution in [2.75, 3.05) is 13.7 Å². The van der Waals surface area contributed by atoms with Crippen LogP contribution in [0.4, 0.5) is 8.78 Å². The summed E-state index contributed by atoms with van der Waals surface area (Å²) in [5, 5.41) is 5.13. The van der Waals surface area contributed by atoms with Crippen LogP contribution in [0.2, 0.25) is 0 Å². The second kappa shape index (κ2) is 7.27. The van der Waals surface area contributed by atoms with E-state index in [9.17, 15) is 8.78 Å². The lowest BCUT2D eigenvalue weighted by Gasteiger charge is -2.34. The van der Waals surface area contributed by atoms with Gasteiger partial charge in [0.25, 0.3) is 0 Å². The van der Waals surface area contributed by atoms with Crippen molar-refractivity contribution in [1.29, 1.82) is 0 Å². The highest BCUT2D eigenvalue weighted by Gasteiger charge is 2.63. The van der Waals surface area contributed by atoms with Crippen LogP contribution in [-0.2, 0) is 15.1 Å². The minimum atomic E-state index is -3.03. The van der Waals surface area contributed by atoms with Crippen molar-refractivity contribution in [1.82, 2.24) is 10.4 Å². The smallest absolute Gasteiger partial charge is 0.346 e. The molecule has 1 aliphatic heterocycles. The molecule has 1 aromatic rings. The molecule has 0 spiro atoms. The number of rotatable bonds is 6. The Morgan fingerprint density at radius 3 is 2.61 bits per heavy atom. The molecule has 1 saturated heterocycles. The van der Waals surface area contributed by atoms with E-state index in [0.717, 1.165) is 0 Å². The van der Waals surface area contributed by atoms with Gasteiger partial charge in [-0.25, -0.2) is 10.4 Å². The fourth-order valence-corrected chi connectivity index (χ4v) is 3.26. The van der Waals surface area contributed by atoms with E-state index >= 15 is 0 Å². The van der Waals surface area contributed by atoms with Crippen LogP contribution in [0.25, 0.3) is 0 Å². The van der Waals surface area contributed by atoms with Crippen molar-refractivity contribution in [3.63, 3.8) is 0 Å². The molecular weight excluding hydrogens is 351 g/mol. The summed E-state index contributed by atoms with van der Waals surface area (Å²) in [5.74, 6) is 0. The van der Waals surface area contributed by atoms with Gasteiger partial charge < -0.3 is 4.84 Å². The Morgan fingerprint density at radius 2 is 2.04 bits per heavy atom. The number of ether oxygens (including phenoxy) is 1. The van der Waals surface area contributed by atoms with Gasteiger partial charge in [0, 0.05) is 7.05 Å². The number of nitrogens with zero attached hydrogens (tertiary/aromatic N) is 2. The molecular formula is C14H17Cl2F2N3O2. The van der Waals surface area contributed by atoms with Gasteiger partial charge in [-0.05, 0) is 12.5 Å². The van der Waals surface area contributed by atoms with Crippen molar-refractivity contribution in [3.05, 3.63) is 35.9 Å². The summed E-state index contributed by atoms with van der Waals surface area (Å²) in [6, 6.07) is 8.87. The first-order chi connectivity index (χ1) is 10.8. The maximum absolute atomic E-state index is 12.7. The summed E-state index contributed by atoms with van der Waals surface area (Å²) in [4.78, 5) is 4.99. The lowest BCUT2D eigenvalue weighted by molar-refractivity contribution is -0.197. The number of nitrogens with one attached hydrogen (secondary N) is 1. The maximum atomic E-state index is 12.7. The SMILES string of the molecule is CCON=CC1(c2ccccc2)NN(C)C(OC(F)F)C1(Cl)Cl. The molecule has 5 nitrogen and oxygen atoms in total. The maximum Gasteiger partial charge on any atom is 0.346 e. The van der Waals surface area contributed by atoms with Crippen molar-refractivity contribution >= 4 is 29.4 Å². The quantitative estimate of drug-likeness (QED) is 0.476. The Balaban J connectivity index is 2.49. The van der Waals surface area contributed by atoms with Gasteiger partial charge in [0.1, 0.15) is 12.1 Å². The Kier molecular flexibility index (Phi) is 5.80. The summed E-state index contributed by atoms with van der Waals surface area (Å²) in [7, 11) is 1.51. The van der Waals surface area contributed by atoms with Crippen LogP contribution < -0.4 is 5.43 Å². The second-order valence-corrected chi connectivity index (χ2v) is 6.31. The molecule has 0 aromatic heterocycles. The molecule has 23 heavy (non-hydrogen) atoms. The summed E-state index contributed by atoms with van der Waals surface area (Å²) >= 11 is 12.9. The first-order valence-electron chi connectivity index (χ1n) is 6.89. The molecule has 0 saturated carbocycles. The molecule has 1 N–H and O–H groups in total. The number of alkyl halides is 4. The van der Waals surface area contributed by atoms with Gasteiger partial charge in [0.2, 0.25) is 0 Å². The molecule has 0 bridgehead atoms. The summed E-state index contributed by atoms with van der Waals surface area (Å²) in [6.45, 7) is -0.930. The minimum Gasteiger partial charge on any atom is -0.396 e. The Labute approximate surface area is 143 Å². The van der Waals surface area contributed by atoms with Crippen LogP contribution in [0.3, 0.4) is 0 Å². The zero-order chi connectivity index (χ0) is 17.1. The summed E-state index contributed by atoms with van der Waals surface area (Å²) in [6.07, 6.45) is 0.0519. The summed E-state index contributed by atoms with van der Waals surface area (Å²) < 4.78 is 28.2. The molecule has 0 radical (unpaired) electrons. The van der Waals surface area contributed by atoms with E-state index in [1.54, 1.807) is 31.2 Å². The summed E-state index contributed by atoms with van der Waals surface area (Å²) in [5.41, 5.74) is 2.29. The third kappa shape index (κ3) is 3.44. The predicted molar refractivity (Wildman–Crippen MR) is 84.5 cm³/mol. The first kappa shape index (κ1) is 18.4. The van der Waals surface area contributed by atoms with Gasteiger partial charge in [-0.1, -0.05) is 58.7 Å². The Morgan fingerprint density at radius 1 is 1.39 bits per heavy atom. The molecule has 2 unspecified atom stereocenters. The highest BCUT2D eigenvalue weighted by Crippen LogP contribution is 2.49. The largest absolute Gasteiger partial charge is 0.396 e. The van der Waals surface area contributed by atoms with Gasteiger partial charge in [0.05, 0.1) is 6.21 Å². The van der Waals surface area contributed by atoms with Crippen molar-refractivity contribution < 1.29 is 18.4 Å². The molecule has 2 atom stereocenters. The van der Waals surface area contributed by atoms with Crippen LogP contribution in [-0.4, -0.2) is 42.1 Å². The lowest BCUT2D eigenvalue weighted by atomic mass is 9.88. The highest BCUT2D eigenvalue weighted by molar-refractivity contribution is 6.51. The van der Waals surface area contributed by atoms with Gasteiger partial charge >= 0.3 is 6.61 Å². The van der Waals surface area contributed by atoms with Crippen molar-refractivity contribution in [2.45, 2.75) is 29.6 Å². The van der Waals surface area contributed by atoms with Gasteiger partial charge in [0.15, 0.2) is 10.6 Å². The molecule has 0 amide bonds. The Bertz CT molecular complexity index is 548. The minimum absolute atomic E-state index is 0.339. The van der Waals surface area contributed by atoms with Crippen LogP contribution in [0.15, 0.2) is 35.5 Å². The second-order valence-electron chi connectivity index (χ2n) is 4.92. The normalized spacial score (nSPS) is 27.9. The van der Waals surface area contributed by atoms with Crippen molar-refractivity contribution in [3.8, 4) is 0 Å². The monoisotopic (exact) mass is 367 g/mol. The Hall–Kier alpha value is -0.990. The average molecular weight is 368 g/mol. The molecule has 128 valence electrons. The van der Waals surface area contributed by atoms with E-state index in [0.29, 0.717) is 12.2 Å². The van der Waals surface area contributed by atoms with E-state index in [-0.39, 0.29) is 0 Å². The zero-order valence-electron chi connectivity index (χ0n) is 12.5. The third-order valence-electron chi connectivity index (χ3n) is 3.45. The van der Waals surface area contributed by atoms with Gasteiger partial charge in [-0.15, -0.1) is 0 Å².